The van der Waals surface area contributed by atoms with Gasteiger partial charge in [0.15, 0.2) is 0 Å². The Morgan fingerprint density at radius 3 is 2.47 bits per heavy atom. The van der Waals surface area contributed by atoms with Crippen LogP contribution in [0.3, 0.4) is 0 Å². The minimum Gasteiger partial charge on any atom is -0.481 e. The molecule has 1 unspecified atom stereocenters. The molecule has 1 heterocycles. The number of rotatable bonds is 3. The van der Waals surface area contributed by atoms with Crippen LogP contribution in [0.25, 0.3) is 0 Å². The summed E-state index contributed by atoms with van der Waals surface area (Å²) in [4.78, 5) is 19.9. The van der Waals surface area contributed by atoms with Crippen molar-refractivity contribution in [2.75, 3.05) is 13.2 Å². The lowest BCUT2D eigenvalue weighted by atomic mass is 10.2. The van der Waals surface area contributed by atoms with Gasteiger partial charge < -0.3 is 14.6 Å². The third kappa shape index (κ3) is 9.21. The first-order chi connectivity index (χ1) is 7.06. The van der Waals surface area contributed by atoms with Crippen LogP contribution in [0.4, 0.5) is 0 Å². The van der Waals surface area contributed by atoms with Gasteiger partial charge in [-0.15, -0.1) is 0 Å². The van der Waals surface area contributed by atoms with Gasteiger partial charge in [-0.05, 0) is 19.8 Å². The van der Waals surface area contributed by atoms with E-state index in [1.807, 2.05) is 0 Å². The molecule has 0 spiro atoms. The second-order valence-corrected chi connectivity index (χ2v) is 3.16. The van der Waals surface area contributed by atoms with Gasteiger partial charge in [0.2, 0.25) is 0 Å². The number of carbonyl (C=O) groups is 2. The van der Waals surface area contributed by atoms with Crippen LogP contribution in [0.5, 0.6) is 0 Å². The SMILES string of the molecule is CCOC(C)=O.O=C(O)CC1CCCO1. The van der Waals surface area contributed by atoms with E-state index in [0.29, 0.717) is 6.61 Å². The molecule has 1 fully saturated rings. The summed E-state index contributed by atoms with van der Waals surface area (Å²) in [6.07, 6.45) is 2.08. The van der Waals surface area contributed by atoms with E-state index < -0.39 is 5.97 Å². The standard InChI is InChI=1S/C6H10O3.C4H8O2/c7-6(8)4-5-2-1-3-9-5;1-3-6-4(2)5/h5H,1-4H2,(H,7,8);3H2,1-2H3. The lowest BCUT2D eigenvalue weighted by molar-refractivity contribution is -0.141. The van der Waals surface area contributed by atoms with Gasteiger partial charge in [0.25, 0.3) is 0 Å². The Kier molecular flexibility index (Phi) is 7.62. The summed E-state index contributed by atoms with van der Waals surface area (Å²) in [5.41, 5.74) is 0. The predicted molar refractivity (Wildman–Crippen MR) is 53.5 cm³/mol. The molecule has 0 aromatic heterocycles. The molecule has 1 saturated heterocycles. The largest absolute Gasteiger partial charge is 0.481 e. The van der Waals surface area contributed by atoms with Crippen LogP contribution in [-0.2, 0) is 19.1 Å². The minimum absolute atomic E-state index is 0.0116. The molecule has 1 aliphatic heterocycles. The van der Waals surface area contributed by atoms with Gasteiger partial charge in [-0.25, -0.2) is 0 Å². The fourth-order valence-corrected chi connectivity index (χ4v) is 1.20. The number of hydrogen-bond acceptors (Lipinski definition) is 4. The molecule has 0 aromatic carbocycles. The molecule has 88 valence electrons. The zero-order chi connectivity index (χ0) is 11.7. The van der Waals surface area contributed by atoms with E-state index in [-0.39, 0.29) is 18.5 Å². The zero-order valence-electron chi connectivity index (χ0n) is 9.19. The molecule has 0 saturated carbocycles. The molecular weight excluding hydrogens is 200 g/mol. The number of aliphatic carboxylic acids is 1. The monoisotopic (exact) mass is 218 g/mol. The maximum atomic E-state index is 10.1. The minimum atomic E-state index is -0.762. The Balaban J connectivity index is 0.000000288. The molecule has 1 aliphatic rings. The maximum Gasteiger partial charge on any atom is 0.305 e. The molecule has 1 rings (SSSR count). The number of esters is 1. The Bertz CT molecular complexity index is 196. The van der Waals surface area contributed by atoms with E-state index in [9.17, 15) is 9.59 Å². The van der Waals surface area contributed by atoms with Crippen LogP contribution in [0.1, 0.15) is 33.1 Å². The molecule has 15 heavy (non-hydrogen) atoms. The van der Waals surface area contributed by atoms with Crippen LogP contribution in [0.2, 0.25) is 0 Å². The highest BCUT2D eigenvalue weighted by Crippen LogP contribution is 2.14. The summed E-state index contributed by atoms with van der Waals surface area (Å²) in [6.45, 7) is 4.39. The Hall–Kier alpha value is -1.10. The molecule has 0 aliphatic carbocycles. The summed E-state index contributed by atoms with van der Waals surface area (Å²) in [5.74, 6) is -0.973. The normalized spacial score (nSPS) is 18.9. The maximum absolute atomic E-state index is 10.1. The van der Waals surface area contributed by atoms with Crippen molar-refractivity contribution < 1.29 is 24.2 Å². The van der Waals surface area contributed by atoms with Crippen molar-refractivity contribution in [3.8, 4) is 0 Å². The third-order valence-electron chi connectivity index (χ3n) is 1.77. The number of carboxylic acids is 1. The lowest BCUT2D eigenvalue weighted by Gasteiger charge is -2.02. The quantitative estimate of drug-likeness (QED) is 0.721. The highest BCUT2D eigenvalue weighted by molar-refractivity contribution is 5.67. The van der Waals surface area contributed by atoms with Gasteiger partial charge in [-0.1, -0.05) is 0 Å². The molecule has 0 amide bonds. The van der Waals surface area contributed by atoms with Crippen LogP contribution in [0.15, 0.2) is 0 Å². The van der Waals surface area contributed by atoms with E-state index >= 15 is 0 Å². The van der Waals surface area contributed by atoms with Crippen molar-refractivity contribution in [1.82, 2.24) is 0 Å². The van der Waals surface area contributed by atoms with Crippen LogP contribution < -0.4 is 0 Å². The topological polar surface area (TPSA) is 72.8 Å². The summed E-state index contributed by atoms with van der Waals surface area (Å²) >= 11 is 0. The summed E-state index contributed by atoms with van der Waals surface area (Å²) in [5, 5.41) is 8.29. The summed E-state index contributed by atoms with van der Waals surface area (Å²) < 4.78 is 9.49. The van der Waals surface area contributed by atoms with Gasteiger partial charge in [-0.3, -0.25) is 9.59 Å². The molecule has 1 N–H and O–H groups in total. The molecule has 5 heteroatoms. The second kappa shape index (κ2) is 8.23. The van der Waals surface area contributed by atoms with E-state index in [1.165, 1.54) is 6.92 Å². The van der Waals surface area contributed by atoms with Crippen molar-refractivity contribution in [3.05, 3.63) is 0 Å². The van der Waals surface area contributed by atoms with Gasteiger partial charge in [0, 0.05) is 13.5 Å². The van der Waals surface area contributed by atoms with Crippen molar-refractivity contribution >= 4 is 11.9 Å². The summed E-state index contributed by atoms with van der Waals surface area (Å²) in [6, 6.07) is 0. The molecule has 5 nitrogen and oxygen atoms in total. The fraction of sp³-hybridized carbons (Fsp3) is 0.800. The van der Waals surface area contributed by atoms with Gasteiger partial charge in [-0.2, -0.15) is 0 Å². The van der Waals surface area contributed by atoms with E-state index in [0.717, 1.165) is 19.4 Å². The van der Waals surface area contributed by atoms with Crippen molar-refractivity contribution in [2.24, 2.45) is 0 Å². The van der Waals surface area contributed by atoms with Crippen molar-refractivity contribution in [2.45, 2.75) is 39.2 Å². The van der Waals surface area contributed by atoms with E-state index in [1.54, 1.807) is 6.92 Å². The molecule has 1 atom stereocenters. The van der Waals surface area contributed by atoms with E-state index in [2.05, 4.69) is 4.74 Å². The number of ether oxygens (including phenoxy) is 2. The number of carboxylic acid groups (broad SMARTS) is 1. The highest BCUT2D eigenvalue weighted by atomic mass is 16.5. The highest BCUT2D eigenvalue weighted by Gasteiger charge is 2.17. The van der Waals surface area contributed by atoms with Crippen molar-refractivity contribution in [1.29, 1.82) is 0 Å². The average molecular weight is 218 g/mol. The van der Waals surface area contributed by atoms with Gasteiger partial charge in [0.1, 0.15) is 0 Å². The number of carbonyl (C=O) groups excluding carboxylic acids is 1. The van der Waals surface area contributed by atoms with Crippen molar-refractivity contribution in [3.63, 3.8) is 0 Å². The smallest absolute Gasteiger partial charge is 0.305 e. The molecule has 0 radical (unpaired) electrons. The second-order valence-electron chi connectivity index (χ2n) is 3.16. The van der Waals surface area contributed by atoms with E-state index in [4.69, 9.17) is 9.84 Å². The van der Waals surface area contributed by atoms with Crippen LogP contribution >= 0.6 is 0 Å². The zero-order valence-corrected chi connectivity index (χ0v) is 9.19. The third-order valence-corrected chi connectivity index (χ3v) is 1.77. The summed E-state index contributed by atoms with van der Waals surface area (Å²) in [7, 11) is 0. The molecule has 0 aromatic rings. The molecular formula is C10H18O5. The average Bonchev–Trinajstić information content (AvgIpc) is 2.56. The Morgan fingerprint density at radius 1 is 1.53 bits per heavy atom. The first-order valence-electron chi connectivity index (χ1n) is 5.03. The fourth-order valence-electron chi connectivity index (χ4n) is 1.20. The first-order valence-corrected chi connectivity index (χ1v) is 5.03. The predicted octanol–water partition coefficient (Wildman–Crippen LogP) is 1.21. The van der Waals surface area contributed by atoms with Gasteiger partial charge >= 0.3 is 11.9 Å². The Morgan fingerprint density at radius 2 is 2.20 bits per heavy atom. The molecule has 0 bridgehead atoms. The van der Waals surface area contributed by atoms with Gasteiger partial charge in [0.05, 0.1) is 19.1 Å². The first kappa shape index (κ1) is 13.9. The van der Waals surface area contributed by atoms with Crippen LogP contribution in [-0.4, -0.2) is 36.4 Å². The Labute approximate surface area is 89.4 Å². The number of hydrogen-bond donors (Lipinski definition) is 1. The van der Waals surface area contributed by atoms with Crippen LogP contribution in [0, 0.1) is 0 Å². The lowest BCUT2D eigenvalue weighted by Crippen LogP contribution is -2.10.